The highest BCUT2D eigenvalue weighted by Crippen LogP contribution is 2.34. The van der Waals surface area contributed by atoms with E-state index < -0.39 is 0 Å². The van der Waals surface area contributed by atoms with E-state index in [1.54, 1.807) is 25.7 Å². The topological polar surface area (TPSA) is 102 Å². The van der Waals surface area contributed by atoms with E-state index in [-0.39, 0.29) is 0 Å². The first-order chi connectivity index (χ1) is 31.1. The maximum Gasteiger partial charge on any atom is 0.146 e. The average molecular weight is 837 g/mol. The first-order valence-corrected chi connectivity index (χ1v) is 22.6. The van der Waals surface area contributed by atoms with Crippen LogP contribution in [0.25, 0.3) is 0 Å². The molecule has 6 aliphatic rings. The van der Waals surface area contributed by atoms with E-state index in [1.165, 1.54) is 57.8 Å². The molecule has 0 amide bonds. The van der Waals surface area contributed by atoms with Crippen LogP contribution in [0.3, 0.4) is 0 Å². The summed E-state index contributed by atoms with van der Waals surface area (Å²) in [6.45, 7) is 1.15. The van der Waals surface area contributed by atoms with Gasteiger partial charge in [0.25, 0.3) is 0 Å². The number of methoxy groups -OCH3 is 1. The van der Waals surface area contributed by atoms with Gasteiger partial charge in [-0.2, -0.15) is 0 Å². The van der Waals surface area contributed by atoms with Gasteiger partial charge in [0.2, 0.25) is 0 Å². The van der Waals surface area contributed by atoms with Crippen molar-refractivity contribution in [3.63, 3.8) is 0 Å². The van der Waals surface area contributed by atoms with Gasteiger partial charge in [0.05, 0.1) is 19.0 Å². The number of nitrogens with one attached hydrogen (secondary N) is 3. The van der Waals surface area contributed by atoms with Gasteiger partial charge in [-0.05, 0) is 99.2 Å². The molecule has 9 nitrogen and oxygen atoms in total. The zero-order valence-corrected chi connectivity index (χ0v) is 36.0. The molecule has 0 spiro atoms. The van der Waals surface area contributed by atoms with Gasteiger partial charge in [-0.15, -0.1) is 0 Å². The normalized spacial score (nSPS) is 26.3. The Kier molecular flexibility index (Phi) is 14.1. The SMILES string of the molecule is C(#CC1CC2CCC1N2)c1cncc(OCc2ccccc2)c1.C(#CC1CC2CCC1N2)c1cncc(Oc2ccccc2)c1.COCc1cncc(C#CC2CC3CCC2N3)c1. The molecule has 9 heteroatoms. The van der Waals surface area contributed by atoms with Gasteiger partial charge in [0.15, 0.2) is 0 Å². The van der Waals surface area contributed by atoms with Gasteiger partial charge in [0, 0.05) is 103 Å². The Balaban J connectivity index is 0.000000121. The van der Waals surface area contributed by atoms with Gasteiger partial charge in [-0.1, -0.05) is 84.1 Å². The predicted octanol–water partition coefficient (Wildman–Crippen LogP) is 8.24. The molecule has 0 saturated carbocycles. The molecule has 9 atom stereocenters. The first-order valence-electron chi connectivity index (χ1n) is 22.6. The maximum absolute atomic E-state index is 5.81. The minimum Gasteiger partial charge on any atom is -0.487 e. The highest BCUT2D eigenvalue weighted by molar-refractivity contribution is 5.41. The second kappa shape index (κ2) is 20.9. The molecule has 9 unspecified atom stereocenters. The van der Waals surface area contributed by atoms with Crippen LogP contribution in [0, 0.1) is 53.3 Å². The number of ether oxygens (including phenoxy) is 3. The lowest BCUT2D eigenvalue weighted by molar-refractivity contribution is 0.184. The largest absolute Gasteiger partial charge is 0.487 e. The molecule has 0 radical (unpaired) electrons. The van der Waals surface area contributed by atoms with E-state index in [0.717, 1.165) is 45.1 Å². The molecule has 6 bridgehead atoms. The molecule has 3 N–H and O–H groups in total. The summed E-state index contributed by atoms with van der Waals surface area (Å²) in [4.78, 5) is 12.7. The number of fused-ring (bicyclic) bond motifs is 6. The molecule has 3 aromatic heterocycles. The Morgan fingerprint density at radius 2 is 0.968 bits per heavy atom. The Bertz CT molecular complexity index is 2480. The molecule has 2 aromatic carbocycles. The maximum atomic E-state index is 5.81. The molecule has 63 heavy (non-hydrogen) atoms. The van der Waals surface area contributed by atoms with Gasteiger partial charge in [-0.3, -0.25) is 15.0 Å². The van der Waals surface area contributed by atoms with Crippen molar-refractivity contribution in [3.05, 3.63) is 144 Å². The van der Waals surface area contributed by atoms with Crippen molar-refractivity contribution in [1.29, 1.82) is 0 Å². The number of benzene rings is 2. The summed E-state index contributed by atoms with van der Waals surface area (Å²) >= 11 is 0. The number of para-hydroxylation sites is 1. The number of nitrogens with zero attached hydrogens (tertiary/aromatic N) is 3. The fourth-order valence-electron chi connectivity index (χ4n) is 9.76. The van der Waals surface area contributed by atoms with Crippen molar-refractivity contribution in [2.45, 2.75) is 107 Å². The molecule has 5 aromatic rings. The van der Waals surface area contributed by atoms with Crippen molar-refractivity contribution in [2.75, 3.05) is 7.11 Å². The van der Waals surface area contributed by atoms with Crippen molar-refractivity contribution >= 4 is 0 Å². The van der Waals surface area contributed by atoms with Crippen LogP contribution >= 0.6 is 0 Å². The molecule has 6 fully saturated rings. The van der Waals surface area contributed by atoms with E-state index >= 15 is 0 Å². The molecule has 0 aliphatic carbocycles. The van der Waals surface area contributed by atoms with Crippen LogP contribution in [-0.2, 0) is 18.0 Å². The summed E-state index contributed by atoms with van der Waals surface area (Å²) in [5.41, 5.74) is 5.06. The average Bonchev–Trinajstić information content (AvgIpc) is 4.22. The second-order valence-electron chi connectivity index (χ2n) is 17.5. The van der Waals surface area contributed by atoms with Gasteiger partial charge < -0.3 is 30.2 Å². The Labute approximate surface area is 372 Å². The van der Waals surface area contributed by atoms with Crippen LogP contribution in [0.1, 0.15) is 85.6 Å². The third-order valence-corrected chi connectivity index (χ3v) is 12.9. The molecule has 11 rings (SSSR count). The van der Waals surface area contributed by atoms with E-state index in [4.69, 9.17) is 14.2 Å². The zero-order chi connectivity index (χ0) is 42.6. The summed E-state index contributed by atoms with van der Waals surface area (Å²) < 4.78 is 16.7. The summed E-state index contributed by atoms with van der Waals surface area (Å²) in [5, 5.41) is 10.8. The van der Waals surface area contributed by atoms with Crippen LogP contribution in [-0.4, -0.2) is 58.3 Å². The smallest absolute Gasteiger partial charge is 0.146 e. The van der Waals surface area contributed by atoms with Crippen molar-refractivity contribution in [2.24, 2.45) is 17.8 Å². The third kappa shape index (κ3) is 11.7. The van der Waals surface area contributed by atoms with Gasteiger partial charge >= 0.3 is 0 Å². The summed E-state index contributed by atoms with van der Waals surface area (Å²) in [6.07, 6.45) is 22.1. The highest BCUT2D eigenvalue weighted by atomic mass is 16.5. The van der Waals surface area contributed by atoms with E-state index in [0.29, 0.717) is 67.2 Å². The number of rotatable bonds is 7. The number of pyridine rings is 3. The van der Waals surface area contributed by atoms with E-state index in [1.807, 2.05) is 79.3 Å². The van der Waals surface area contributed by atoms with Crippen LogP contribution < -0.4 is 25.4 Å². The van der Waals surface area contributed by atoms with Crippen molar-refractivity contribution in [3.8, 4) is 52.8 Å². The molecular formula is C54H56N6O3. The summed E-state index contributed by atoms with van der Waals surface area (Å²) in [6, 6.07) is 29.8. The minimum absolute atomic E-state index is 0.484. The Morgan fingerprint density at radius 1 is 0.492 bits per heavy atom. The van der Waals surface area contributed by atoms with E-state index in [9.17, 15) is 0 Å². The molecule has 6 saturated heterocycles. The molecular weight excluding hydrogens is 781 g/mol. The summed E-state index contributed by atoms with van der Waals surface area (Å²) in [5.74, 6) is 23.8. The molecule has 9 heterocycles. The lowest BCUT2D eigenvalue weighted by Gasteiger charge is -2.13. The van der Waals surface area contributed by atoms with Crippen LogP contribution in [0.4, 0.5) is 0 Å². The standard InChI is InChI=1S/C20H20N2O.C19H18N2O.C15H18N2O/c1-2-4-15(5-3-1)14-23-19-10-16(12-21-13-19)6-7-17-11-18-8-9-20(17)22-18;1-2-4-17(5-3-1)22-18-10-14(12-20-13-18)6-7-15-11-16-8-9-19(15)21-16;1-18-10-12-6-11(8-16-9-12)2-3-13-7-14-4-5-15(13)17-14/h1-5,10,12-13,17-18,20,22H,8-9,11,14H2;1-5,10,12-13,15-16,19,21H,8-9,11H2;6,8-9,13-15,17H,4-5,7,10H2,1H3. The number of aromatic nitrogens is 3. The Morgan fingerprint density at radius 3 is 1.46 bits per heavy atom. The predicted molar refractivity (Wildman–Crippen MR) is 246 cm³/mol. The monoisotopic (exact) mass is 836 g/mol. The van der Waals surface area contributed by atoms with Crippen molar-refractivity contribution < 1.29 is 14.2 Å². The van der Waals surface area contributed by atoms with Crippen molar-refractivity contribution in [1.82, 2.24) is 30.9 Å². The molecule has 320 valence electrons. The number of hydrogen-bond donors (Lipinski definition) is 3. The zero-order valence-electron chi connectivity index (χ0n) is 36.0. The van der Waals surface area contributed by atoms with Crippen LogP contribution in [0.2, 0.25) is 0 Å². The summed E-state index contributed by atoms with van der Waals surface area (Å²) in [7, 11) is 1.69. The van der Waals surface area contributed by atoms with Gasteiger partial charge in [-0.25, -0.2) is 0 Å². The first kappa shape index (κ1) is 42.3. The van der Waals surface area contributed by atoms with E-state index in [2.05, 4.69) is 84.6 Å². The third-order valence-electron chi connectivity index (χ3n) is 12.9. The molecule has 6 aliphatic heterocycles. The minimum atomic E-state index is 0.484. The van der Waals surface area contributed by atoms with Crippen LogP contribution in [0.5, 0.6) is 17.2 Å². The van der Waals surface area contributed by atoms with Crippen LogP contribution in [0.15, 0.2) is 116 Å². The fourth-order valence-corrected chi connectivity index (χ4v) is 9.76. The Hall–Kier alpha value is -5.99. The van der Waals surface area contributed by atoms with Gasteiger partial charge in [0.1, 0.15) is 23.9 Å². The fraction of sp³-hybridized carbons (Fsp3) is 0.389. The highest BCUT2D eigenvalue weighted by Gasteiger charge is 2.39. The quantitative estimate of drug-likeness (QED) is 0.140. The lowest BCUT2D eigenvalue weighted by atomic mass is 9.89. The second-order valence-corrected chi connectivity index (χ2v) is 17.5. The number of hydrogen-bond acceptors (Lipinski definition) is 9. The lowest BCUT2D eigenvalue weighted by Crippen LogP contribution is -2.21.